The minimum Gasteiger partial charge on any atom is -0.487 e. The number of nitrogens with zero attached hydrogens (tertiary/aromatic N) is 1. The van der Waals surface area contributed by atoms with Gasteiger partial charge in [-0.3, -0.25) is 19.8 Å². The molecule has 0 radical (unpaired) electrons. The van der Waals surface area contributed by atoms with Crippen molar-refractivity contribution in [2.24, 2.45) is 0 Å². The molecular formula is C25H15ClI2N2O5S. The van der Waals surface area contributed by atoms with Crippen LogP contribution in [0.3, 0.4) is 0 Å². The van der Waals surface area contributed by atoms with Gasteiger partial charge in [-0.25, -0.2) is 4.79 Å². The van der Waals surface area contributed by atoms with E-state index in [0.29, 0.717) is 22.0 Å². The summed E-state index contributed by atoms with van der Waals surface area (Å²) in [4.78, 5) is 38.1. The van der Waals surface area contributed by atoms with E-state index in [1.54, 1.807) is 48.5 Å². The molecule has 182 valence electrons. The third-order valence-corrected chi connectivity index (χ3v) is 7.24. The van der Waals surface area contributed by atoms with Gasteiger partial charge in [0.05, 0.1) is 18.4 Å². The molecule has 1 saturated heterocycles. The third kappa shape index (κ3) is 5.88. The lowest BCUT2D eigenvalue weighted by molar-refractivity contribution is -0.122. The number of benzene rings is 3. The minimum atomic E-state index is -0.987. The van der Waals surface area contributed by atoms with Crippen LogP contribution in [0.2, 0.25) is 5.02 Å². The Morgan fingerprint density at radius 3 is 2.25 bits per heavy atom. The number of thiocarbonyl (C=S) groups is 1. The summed E-state index contributed by atoms with van der Waals surface area (Å²) >= 11 is 15.4. The first kappa shape index (κ1) is 26.5. The Morgan fingerprint density at radius 1 is 1.06 bits per heavy atom. The lowest BCUT2D eigenvalue weighted by atomic mass is 10.1. The number of nitrogens with one attached hydrogen (secondary N) is 1. The van der Waals surface area contributed by atoms with Gasteiger partial charge in [0, 0.05) is 5.02 Å². The van der Waals surface area contributed by atoms with Crippen LogP contribution in [0.25, 0.3) is 6.08 Å². The average molecular weight is 745 g/mol. The Balaban J connectivity index is 1.57. The van der Waals surface area contributed by atoms with Crippen LogP contribution in [0.5, 0.6) is 5.75 Å². The van der Waals surface area contributed by atoms with Crippen molar-refractivity contribution in [1.82, 2.24) is 5.32 Å². The highest BCUT2D eigenvalue weighted by Crippen LogP contribution is 2.31. The van der Waals surface area contributed by atoms with Crippen LogP contribution in [-0.2, 0) is 16.2 Å². The molecule has 4 rings (SSSR count). The zero-order chi connectivity index (χ0) is 26.0. The third-order valence-electron chi connectivity index (χ3n) is 5.10. The van der Waals surface area contributed by atoms with E-state index >= 15 is 0 Å². The number of anilines is 1. The van der Waals surface area contributed by atoms with Crippen molar-refractivity contribution in [2.75, 3.05) is 4.90 Å². The molecular weight excluding hydrogens is 730 g/mol. The standard InChI is InChI=1S/C25H15ClI2N2O5S/c26-16-5-7-17(8-6-16)30-23(32)18(22(31)29-25(30)36)9-14-10-19(27)21(20(28)11-14)35-12-13-1-3-15(4-2-13)24(33)34/h1-11H,12H2,(H,33,34)(H,29,31,36)/b18-9+. The zero-order valence-electron chi connectivity index (χ0n) is 18.1. The number of rotatable bonds is 6. The van der Waals surface area contributed by atoms with Crippen molar-refractivity contribution >= 4 is 104 Å². The maximum Gasteiger partial charge on any atom is 0.335 e. The van der Waals surface area contributed by atoms with E-state index in [1.165, 1.54) is 23.1 Å². The summed E-state index contributed by atoms with van der Waals surface area (Å²) in [6, 6.07) is 16.6. The van der Waals surface area contributed by atoms with Crippen molar-refractivity contribution < 1.29 is 24.2 Å². The highest BCUT2D eigenvalue weighted by molar-refractivity contribution is 14.1. The molecule has 2 amide bonds. The summed E-state index contributed by atoms with van der Waals surface area (Å²) in [6.45, 7) is 0.251. The second kappa shape index (κ2) is 11.2. The number of hydrogen-bond donors (Lipinski definition) is 2. The fourth-order valence-electron chi connectivity index (χ4n) is 3.35. The number of amides is 2. The van der Waals surface area contributed by atoms with Gasteiger partial charge in [0.1, 0.15) is 17.9 Å². The van der Waals surface area contributed by atoms with E-state index in [1.807, 2.05) is 0 Å². The average Bonchev–Trinajstić information content (AvgIpc) is 2.82. The van der Waals surface area contributed by atoms with Gasteiger partial charge in [-0.05, 0) is 123 Å². The van der Waals surface area contributed by atoms with Crippen LogP contribution >= 0.6 is 69.0 Å². The molecule has 0 aromatic heterocycles. The predicted molar refractivity (Wildman–Crippen MR) is 157 cm³/mol. The molecule has 7 nitrogen and oxygen atoms in total. The summed E-state index contributed by atoms with van der Waals surface area (Å²) in [7, 11) is 0. The van der Waals surface area contributed by atoms with E-state index in [0.717, 1.165) is 12.7 Å². The Morgan fingerprint density at radius 2 is 1.67 bits per heavy atom. The molecule has 1 aliphatic rings. The van der Waals surface area contributed by atoms with Gasteiger partial charge in [-0.2, -0.15) is 0 Å². The number of hydrogen-bond acceptors (Lipinski definition) is 5. The van der Waals surface area contributed by atoms with Crippen molar-refractivity contribution in [3.05, 3.63) is 95.1 Å². The smallest absolute Gasteiger partial charge is 0.335 e. The predicted octanol–water partition coefficient (Wildman–Crippen LogP) is 5.66. The number of carbonyl (C=O) groups excluding carboxylic acids is 2. The molecule has 11 heteroatoms. The molecule has 3 aromatic carbocycles. The lowest BCUT2D eigenvalue weighted by Gasteiger charge is -2.29. The molecule has 3 aromatic rings. The molecule has 0 atom stereocenters. The maximum absolute atomic E-state index is 13.2. The SMILES string of the molecule is O=C1NC(=S)N(c2ccc(Cl)cc2)C(=O)/C1=C/c1cc(I)c(OCc2ccc(C(=O)O)cc2)c(I)c1. The van der Waals surface area contributed by atoms with Crippen molar-refractivity contribution in [1.29, 1.82) is 0 Å². The van der Waals surface area contributed by atoms with Crippen molar-refractivity contribution in [2.45, 2.75) is 6.61 Å². The van der Waals surface area contributed by atoms with E-state index in [4.69, 9.17) is 33.7 Å². The Bertz CT molecular complexity index is 1400. The second-order valence-electron chi connectivity index (χ2n) is 7.54. The van der Waals surface area contributed by atoms with Gasteiger partial charge in [0.25, 0.3) is 11.8 Å². The van der Waals surface area contributed by atoms with Crippen LogP contribution < -0.4 is 15.0 Å². The fraction of sp³-hybridized carbons (Fsp3) is 0.0400. The summed E-state index contributed by atoms with van der Waals surface area (Å²) in [5.74, 6) is -1.46. The van der Waals surface area contributed by atoms with Gasteiger partial charge in [0.15, 0.2) is 5.11 Å². The van der Waals surface area contributed by atoms with Gasteiger partial charge in [0.2, 0.25) is 0 Å². The summed E-state index contributed by atoms with van der Waals surface area (Å²) in [6.07, 6.45) is 1.51. The monoisotopic (exact) mass is 744 g/mol. The van der Waals surface area contributed by atoms with Crippen LogP contribution in [0.1, 0.15) is 21.5 Å². The summed E-state index contributed by atoms with van der Waals surface area (Å²) in [5, 5.41) is 12.1. The highest BCUT2D eigenvalue weighted by Gasteiger charge is 2.34. The largest absolute Gasteiger partial charge is 0.487 e. The van der Waals surface area contributed by atoms with Crippen LogP contribution in [0.4, 0.5) is 5.69 Å². The van der Waals surface area contributed by atoms with Crippen molar-refractivity contribution in [3.63, 3.8) is 0 Å². The van der Waals surface area contributed by atoms with E-state index in [2.05, 4.69) is 50.5 Å². The maximum atomic E-state index is 13.2. The summed E-state index contributed by atoms with van der Waals surface area (Å²) < 4.78 is 7.53. The zero-order valence-corrected chi connectivity index (χ0v) is 24.0. The van der Waals surface area contributed by atoms with Gasteiger partial charge in [-0.1, -0.05) is 23.7 Å². The molecule has 1 heterocycles. The number of aromatic carboxylic acids is 1. The second-order valence-corrected chi connectivity index (χ2v) is 10.7. The number of carboxylic acids is 1. The quantitative estimate of drug-likeness (QED) is 0.147. The van der Waals surface area contributed by atoms with E-state index in [9.17, 15) is 14.4 Å². The lowest BCUT2D eigenvalue weighted by Crippen LogP contribution is -2.54. The first-order valence-corrected chi connectivity index (χ1v) is 13.2. The van der Waals surface area contributed by atoms with Gasteiger partial charge >= 0.3 is 5.97 Å². The molecule has 36 heavy (non-hydrogen) atoms. The number of carbonyl (C=O) groups is 3. The number of ether oxygens (including phenoxy) is 1. The molecule has 0 unspecified atom stereocenters. The molecule has 0 spiro atoms. The van der Waals surface area contributed by atoms with E-state index < -0.39 is 17.8 Å². The Hall–Kier alpha value is -2.55. The van der Waals surface area contributed by atoms with Gasteiger partial charge in [-0.15, -0.1) is 0 Å². The van der Waals surface area contributed by atoms with Crippen LogP contribution in [0.15, 0.2) is 66.2 Å². The minimum absolute atomic E-state index is 0.00577. The Labute approximate surface area is 243 Å². The molecule has 0 saturated carbocycles. The molecule has 1 fully saturated rings. The first-order valence-electron chi connectivity index (χ1n) is 10.2. The van der Waals surface area contributed by atoms with E-state index in [-0.39, 0.29) is 22.9 Å². The van der Waals surface area contributed by atoms with Crippen LogP contribution in [0, 0.1) is 7.14 Å². The van der Waals surface area contributed by atoms with Crippen LogP contribution in [-0.4, -0.2) is 28.0 Å². The Kier molecular flexibility index (Phi) is 8.27. The molecule has 0 bridgehead atoms. The first-order chi connectivity index (χ1) is 17.1. The molecule has 0 aliphatic carbocycles. The summed E-state index contributed by atoms with van der Waals surface area (Å²) in [5.41, 5.74) is 2.10. The molecule has 2 N–H and O–H groups in total. The topological polar surface area (TPSA) is 95.9 Å². The number of carboxylic acid groups (broad SMARTS) is 1. The number of halogens is 3. The molecule has 1 aliphatic heterocycles. The highest BCUT2D eigenvalue weighted by atomic mass is 127. The van der Waals surface area contributed by atoms with Crippen molar-refractivity contribution in [3.8, 4) is 5.75 Å². The fourth-order valence-corrected chi connectivity index (χ4v) is 5.88. The van der Waals surface area contributed by atoms with Gasteiger partial charge < -0.3 is 9.84 Å². The normalized spacial score (nSPS) is 14.7.